The van der Waals surface area contributed by atoms with Crippen LogP contribution in [-0.2, 0) is 16.1 Å². The Bertz CT molecular complexity index is 625. The number of carbonyl (C=O) groups is 1. The van der Waals surface area contributed by atoms with E-state index in [0.717, 1.165) is 11.3 Å². The Kier molecular flexibility index (Phi) is 6.41. The van der Waals surface area contributed by atoms with E-state index in [-0.39, 0.29) is 31.4 Å². The summed E-state index contributed by atoms with van der Waals surface area (Å²) in [6.45, 7) is 0.482. The second-order valence-corrected chi connectivity index (χ2v) is 4.89. The van der Waals surface area contributed by atoms with Crippen molar-refractivity contribution in [2.45, 2.75) is 19.4 Å². The van der Waals surface area contributed by atoms with E-state index in [1.807, 2.05) is 24.3 Å². The van der Waals surface area contributed by atoms with Crippen molar-refractivity contribution in [3.8, 4) is 11.5 Å². The van der Waals surface area contributed by atoms with Crippen molar-refractivity contribution < 1.29 is 23.4 Å². The zero-order valence-electron chi connectivity index (χ0n) is 13.0. The summed E-state index contributed by atoms with van der Waals surface area (Å²) < 4.78 is 28.8. The first-order valence-corrected chi connectivity index (χ1v) is 7.35. The summed E-state index contributed by atoms with van der Waals surface area (Å²) >= 11 is 0. The average Bonchev–Trinajstić information content (AvgIpc) is 2.59. The maximum atomic E-state index is 13.3. The maximum absolute atomic E-state index is 13.3. The lowest BCUT2D eigenvalue weighted by Gasteiger charge is -2.08. The number of esters is 1. The van der Waals surface area contributed by atoms with E-state index in [1.165, 1.54) is 6.07 Å². The Balaban J connectivity index is 1.64. The highest BCUT2D eigenvalue weighted by Gasteiger charge is 2.05. The van der Waals surface area contributed by atoms with Crippen LogP contribution in [0, 0.1) is 5.82 Å². The SMILES string of the molecule is COc1ccc(COC(=O)CCCOc2ccccc2F)cc1. The summed E-state index contributed by atoms with van der Waals surface area (Å²) in [6, 6.07) is 13.5. The fourth-order valence-electron chi connectivity index (χ4n) is 1.92. The van der Waals surface area contributed by atoms with E-state index in [0.29, 0.717) is 6.42 Å². The summed E-state index contributed by atoms with van der Waals surface area (Å²) in [7, 11) is 1.60. The zero-order chi connectivity index (χ0) is 16.5. The highest BCUT2D eigenvalue weighted by Crippen LogP contribution is 2.16. The zero-order valence-corrected chi connectivity index (χ0v) is 13.0. The van der Waals surface area contributed by atoms with E-state index in [2.05, 4.69) is 0 Å². The van der Waals surface area contributed by atoms with Crippen LogP contribution >= 0.6 is 0 Å². The number of para-hydroxylation sites is 1. The third kappa shape index (κ3) is 5.62. The van der Waals surface area contributed by atoms with Gasteiger partial charge in [0.05, 0.1) is 13.7 Å². The average molecular weight is 318 g/mol. The van der Waals surface area contributed by atoms with Crippen molar-refractivity contribution in [3.63, 3.8) is 0 Å². The Morgan fingerprint density at radius 1 is 1.09 bits per heavy atom. The molecule has 0 aliphatic heterocycles. The fraction of sp³-hybridized carbons (Fsp3) is 0.278. The largest absolute Gasteiger partial charge is 0.497 e. The summed E-state index contributed by atoms with van der Waals surface area (Å²) in [5.74, 6) is 0.233. The smallest absolute Gasteiger partial charge is 0.306 e. The predicted molar refractivity (Wildman–Crippen MR) is 83.9 cm³/mol. The van der Waals surface area contributed by atoms with E-state index >= 15 is 0 Å². The normalized spacial score (nSPS) is 10.2. The number of benzene rings is 2. The van der Waals surface area contributed by atoms with Gasteiger partial charge in [-0.3, -0.25) is 4.79 Å². The number of ether oxygens (including phenoxy) is 3. The molecule has 0 aliphatic rings. The van der Waals surface area contributed by atoms with E-state index < -0.39 is 5.82 Å². The van der Waals surface area contributed by atoms with Crippen LogP contribution in [0.5, 0.6) is 11.5 Å². The van der Waals surface area contributed by atoms with Gasteiger partial charge in [0.25, 0.3) is 0 Å². The predicted octanol–water partition coefficient (Wildman–Crippen LogP) is 3.74. The van der Waals surface area contributed by atoms with Crippen molar-refractivity contribution in [1.82, 2.24) is 0 Å². The molecule has 122 valence electrons. The van der Waals surface area contributed by atoms with Crippen LogP contribution in [0.4, 0.5) is 4.39 Å². The molecule has 2 aromatic rings. The van der Waals surface area contributed by atoms with Crippen molar-refractivity contribution in [2.75, 3.05) is 13.7 Å². The monoisotopic (exact) mass is 318 g/mol. The molecule has 0 amide bonds. The molecule has 2 rings (SSSR count). The molecule has 0 aliphatic carbocycles. The molecule has 0 saturated heterocycles. The molecule has 0 N–H and O–H groups in total. The lowest BCUT2D eigenvalue weighted by atomic mass is 10.2. The van der Waals surface area contributed by atoms with E-state index in [9.17, 15) is 9.18 Å². The first kappa shape index (κ1) is 16.8. The van der Waals surface area contributed by atoms with Gasteiger partial charge in [0, 0.05) is 6.42 Å². The third-order valence-corrected chi connectivity index (χ3v) is 3.18. The van der Waals surface area contributed by atoms with Gasteiger partial charge in [-0.2, -0.15) is 0 Å². The van der Waals surface area contributed by atoms with Gasteiger partial charge in [0.1, 0.15) is 12.4 Å². The number of carbonyl (C=O) groups excluding carboxylic acids is 1. The van der Waals surface area contributed by atoms with Gasteiger partial charge in [0.2, 0.25) is 0 Å². The molecule has 23 heavy (non-hydrogen) atoms. The topological polar surface area (TPSA) is 44.8 Å². The number of rotatable bonds is 8. The van der Waals surface area contributed by atoms with Crippen molar-refractivity contribution >= 4 is 5.97 Å². The summed E-state index contributed by atoms with van der Waals surface area (Å²) in [6.07, 6.45) is 0.695. The van der Waals surface area contributed by atoms with E-state index in [1.54, 1.807) is 25.3 Å². The number of hydrogen-bond donors (Lipinski definition) is 0. The van der Waals surface area contributed by atoms with E-state index in [4.69, 9.17) is 14.2 Å². The van der Waals surface area contributed by atoms with Gasteiger partial charge in [-0.05, 0) is 36.2 Å². The molecule has 0 spiro atoms. The minimum absolute atomic E-state index is 0.194. The molecule has 0 radical (unpaired) electrons. The van der Waals surface area contributed by atoms with Gasteiger partial charge in [-0.1, -0.05) is 24.3 Å². The molecule has 2 aromatic carbocycles. The molecule has 0 atom stereocenters. The lowest BCUT2D eigenvalue weighted by molar-refractivity contribution is -0.145. The van der Waals surface area contributed by atoms with Crippen LogP contribution in [0.2, 0.25) is 0 Å². The second-order valence-electron chi connectivity index (χ2n) is 4.89. The number of halogens is 1. The minimum Gasteiger partial charge on any atom is -0.497 e. The van der Waals surface area contributed by atoms with Crippen molar-refractivity contribution in [2.24, 2.45) is 0 Å². The molecule has 0 bridgehead atoms. The minimum atomic E-state index is -0.408. The van der Waals surface area contributed by atoms with Gasteiger partial charge < -0.3 is 14.2 Å². The first-order chi connectivity index (χ1) is 11.2. The van der Waals surface area contributed by atoms with Crippen LogP contribution in [0.3, 0.4) is 0 Å². The van der Waals surface area contributed by atoms with Crippen LogP contribution in [0.15, 0.2) is 48.5 Å². The number of hydrogen-bond acceptors (Lipinski definition) is 4. The van der Waals surface area contributed by atoms with Gasteiger partial charge in [0.15, 0.2) is 11.6 Å². The first-order valence-electron chi connectivity index (χ1n) is 7.35. The lowest BCUT2D eigenvalue weighted by Crippen LogP contribution is -2.07. The second kappa shape index (κ2) is 8.78. The molecule has 0 fully saturated rings. The van der Waals surface area contributed by atoms with Gasteiger partial charge in [-0.15, -0.1) is 0 Å². The summed E-state index contributed by atoms with van der Waals surface area (Å²) in [5.41, 5.74) is 0.891. The molecule has 5 heteroatoms. The van der Waals surface area contributed by atoms with Crippen LogP contribution in [0.25, 0.3) is 0 Å². The Morgan fingerprint density at radius 3 is 2.52 bits per heavy atom. The fourth-order valence-corrected chi connectivity index (χ4v) is 1.92. The van der Waals surface area contributed by atoms with Crippen molar-refractivity contribution in [1.29, 1.82) is 0 Å². The van der Waals surface area contributed by atoms with Crippen LogP contribution < -0.4 is 9.47 Å². The third-order valence-electron chi connectivity index (χ3n) is 3.18. The molecular formula is C18H19FO4. The molecule has 0 unspecified atom stereocenters. The summed E-state index contributed by atoms with van der Waals surface area (Å²) in [4.78, 5) is 11.6. The molecule has 0 aromatic heterocycles. The van der Waals surface area contributed by atoms with Crippen LogP contribution in [0.1, 0.15) is 18.4 Å². The Morgan fingerprint density at radius 2 is 1.83 bits per heavy atom. The highest BCUT2D eigenvalue weighted by molar-refractivity contribution is 5.69. The molecular weight excluding hydrogens is 299 g/mol. The van der Waals surface area contributed by atoms with Gasteiger partial charge >= 0.3 is 5.97 Å². The standard InChI is InChI=1S/C18H19FO4/c1-21-15-10-8-14(9-11-15)13-23-18(20)7-4-12-22-17-6-3-2-5-16(17)19/h2-3,5-6,8-11H,4,7,12-13H2,1H3. The quantitative estimate of drug-likeness (QED) is 0.549. The van der Waals surface area contributed by atoms with Gasteiger partial charge in [-0.25, -0.2) is 4.39 Å². The molecule has 4 nitrogen and oxygen atoms in total. The Labute approximate surface area is 134 Å². The van der Waals surface area contributed by atoms with Crippen LogP contribution in [-0.4, -0.2) is 19.7 Å². The Hall–Kier alpha value is -2.56. The maximum Gasteiger partial charge on any atom is 0.306 e. The van der Waals surface area contributed by atoms with Crippen molar-refractivity contribution in [3.05, 3.63) is 59.9 Å². The summed E-state index contributed by atoms with van der Waals surface area (Å²) in [5, 5.41) is 0. The molecule has 0 saturated carbocycles. The molecule has 0 heterocycles. The number of methoxy groups -OCH3 is 1. The highest BCUT2D eigenvalue weighted by atomic mass is 19.1.